The summed E-state index contributed by atoms with van der Waals surface area (Å²) < 4.78 is 19.2. The average Bonchev–Trinajstić information content (AvgIpc) is 2.92. The van der Waals surface area contributed by atoms with E-state index in [1.165, 1.54) is 13.1 Å². The van der Waals surface area contributed by atoms with Gasteiger partial charge in [0.2, 0.25) is 5.60 Å². The van der Waals surface area contributed by atoms with Crippen LogP contribution in [-0.2, 0) is 21.6 Å². The highest BCUT2D eigenvalue weighted by Gasteiger charge is 2.54. The molecule has 110 valence electrons. The first-order valence-electron chi connectivity index (χ1n) is 6.32. The number of rotatable bonds is 1. The molecule has 21 heavy (non-hydrogen) atoms. The molecule has 0 radical (unpaired) electrons. The molecule has 1 spiro atoms. The van der Waals surface area contributed by atoms with Crippen molar-refractivity contribution >= 4 is 23.7 Å². The zero-order chi connectivity index (χ0) is 15.2. The van der Waals surface area contributed by atoms with Gasteiger partial charge in [-0.15, -0.1) is 0 Å². The minimum Gasteiger partial charge on any atom is -0.427 e. The molecule has 1 unspecified atom stereocenters. The molecule has 3 N–H and O–H groups in total. The molecule has 4 amide bonds. The maximum Gasteiger partial charge on any atom is 0.415 e. The van der Waals surface area contributed by atoms with Gasteiger partial charge in [0.15, 0.2) is 0 Å². The second-order valence-corrected chi connectivity index (χ2v) is 4.86. The van der Waals surface area contributed by atoms with E-state index in [9.17, 15) is 18.8 Å². The van der Waals surface area contributed by atoms with Crippen molar-refractivity contribution in [3.63, 3.8) is 0 Å². The molecule has 1 atom stereocenters. The number of aryl methyl sites for hydroxylation is 1. The number of amides is 4. The molecule has 1 aliphatic carbocycles. The van der Waals surface area contributed by atoms with Gasteiger partial charge in [-0.25, -0.2) is 14.0 Å². The Labute approximate surface area is 118 Å². The molecule has 2 aliphatic rings. The van der Waals surface area contributed by atoms with Crippen LogP contribution in [0.2, 0.25) is 0 Å². The smallest absolute Gasteiger partial charge is 0.415 e. The van der Waals surface area contributed by atoms with E-state index in [-0.39, 0.29) is 12.1 Å². The van der Waals surface area contributed by atoms with Gasteiger partial charge in [-0.2, -0.15) is 0 Å². The number of hydrogen-bond donors (Lipinski definition) is 3. The Morgan fingerprint density at radius 3 is 2.81 bits per heavy atom. The Balaban J connectivity index is 2.02. The lowest BCUT2D eigenvalue weighted by molar-refractivity contribution is -0.131. The first kappa shape index (κ1) is 13.3. The number of alkyl carbamates (subject to hydrolysis) is 1. The van der Waals surface area contributed by atoms with E-state index in [1.807, 2.05) is 0 Å². The van der Waals surface area contributed by atoms with Crippen LogP contribution in [0.15, 0.2) is 12.1 Å². The van der Waals surface area contributed by atoms with Crippen molar-refractivity contribution in [1.29, 1.82) is 0 Å². The topological polar surface area (TPSA) is 96.5 Å². The van der Waals surface area contributed by atoms with E-state index in [0.29, 0.717) is 17.5 Å². The van der Waals surface area contributed by atoms with Crippen LogP contribution in [-0.4, -0.2) is 25.1 Å². The number of carbonyl (C=O) groups excluding carboxylic acids is 3. The number of fused-ring (bicyclic) bond motifs is 2. The lowest BCUT2D eigenvalue weighted by Crippen LogP contribution is -2.34. The van der Waals surface area contributed by atoms with Crippen molar-refractivity contribution in [3.8, 4) is 0 Å². The predicted octanol–water partition coefficient (Wildman–Crippen LogP) is 0.985. The van der Waals surface area contributed by atoms with Crippen LogP contribution in [0.3, 0.4) is 0 Å². The molecule has 1 saturated heterocycles. The fourth-order valence-corrected chi connectivity index (χ4v) is 2.69. The van der Waals surface area contributed by atoms with Gasteiger partial charge < -0.3 is 15.4 Å². The molecule has 0 saturated carbocycles. The fraction of sp³-hybridized carbons (Fsp3) is 0.308. The molecule has 8 heteroatoms. The third-order valence-corrected chi connectivity index (χ3v) is 3.70. The number of ether oxygens (including phenoxy) is 1. The van der Waals surface area contributed by atoms with E-state index in [1.54, 1.807) is 0 Å². The predicted molar refractivity (Wildman–Crippen MR) is 69.1 cm³/mol. The molecular weight excluding hydrogens is 281 g/mol. The summed E-state index contributed by atoms with van der Waals surface area (Å²) in [5.74, 6) is -1.29. The first-order chi connectivity index (χ1) is 9.96. The van der Waals surface area contributed by atoms with Gasteiger partial charge in [-0.05, 0) is 24.1 Å². The van der Waals surface area contributed by atoms with E-state index < -0.39 is 29.4 Å². The summed E-state index contributed by atoms with van der Waals surface area (Å²) in [5.41, 5.74) is -0.452. The Morgan fingerprint density at radius 2 is 2.19 bits per heavy atom. The fourth-order valence-electron chi connectivity index (χ4n) is 2.69. The SMILES string of the molecule is CNC(=O)Nc1cc2c(cc1F)C1(CC2)OC(=O)NC1=O. The second-order valence-electron chi connectivity index (χ2n) is 4.86. The highest BCUT2D eigenvalue weighted by molar-refractivity contribution is 6.04. The molecule has 0 aromatic heterocycles. The van der Waals surface area contributed by atoms with Crippen LogP contribution in [0.1, 0.15) is 17.5 Å². The summed E-state index contributed by atoms with van der Waals surface area (Å²) in [7, 11) is 1.41. The Kier molecular flexibility index (Phi) is 2.82. The standard InChI is InChI=1S/C13H12FN3O4/c1-15-11(19)16-9-4-6-2-3-13(7(6)5-8(9)14)10(18)17-12(20)21-13/h4-5H,2-3H2,1H3,(H2,15,16,19)(H,17,18,20). The van der Waals surface area contributed by atoms with Crippen LogP contribution < -0.4 is 16.0 Å². The number of anilines is 1. The average molecular weight is 293 g/mol. The quantitative estimate of drug-likeness (QED) is 0.719. The van der Waals surface area contributed by atoms with Gasteiger partial charge in [0.05, 0.1) is 5.69 Å². The second kappa shape index (κ2) is 4.44. The van der Waals surface area contributed by atoms with Crippen molar-refractivity contribution in [1.82, 2.24) is 10.6 Å². The third-order valence-electron chi connectivity index (χ3n) is 3.70. The number of carbonyl (C=O) groups is 3. The van der Waals surface area contributed by atoms with Crippen LogP contribution in [0.4, 0.5) is 19.7 Å². The molecule has 1 fully saturated rings. The molecule has 1 heterocycles. The summed E-state index contributed by atoms with van der Waals surface area (Å²) >= 11 is 0. The monoisotopic (exact) mass is 293 g/mol. The van der Waals surface area contributed by atoms with Gasteiger partial charge in [0.1, 0.15) is 5.82 Å². The molecule has 1 aromatic carbocycles. The first-order valence-corrected chi connectivity index (χ1v) is 6.32. The zero-order valence-corrected chi connectivity index (χ0v) is 11.1. The van der Waals surface area contributed by atoms with Gasteiger partial charge in [-0.1, -0.05) is 0 Å². The number of nitrogens with one attached hydrogen (secondary N) is 3. The Bertz CT molecular complexity index is 676. The third kappa shape index (κ3) is 1.91. The number of urea groups is 1. The summed E-state index contributed by atoms with van der Waals surface area (Å²) in [6.07, 6.45) is -0.137. The summed E-state index contributed by atoms with van der Waals surface area (Å²) in [4.78, 5) is 34.4. The van der Waals surface area contributed by atoms with Gasteiger partial charge >= 0.3 is 12.1 Å². The van der Waals surface area contributed by atoms with E-state index in [4.69, 9.17) is 4.74 Å². The minimum absolute atomic E-state index is 0.00915. The van der Waals surface area contributed by atoms with E-state index >= 15 is 0 Å². The summed E-state index contributed by atoms with van der Waals surface area (Å²) in [6, 6.07) is 2.03. The van der Waals surface area contributed by atoms with Gasteiger partial charge in [0, 0.05) is 19.0 Å². The highest BCUT2D eigenvalue weighted by atomic mass is 19.1. The molecule has 3 rings (SSSR count). The van der Waals surface area contributed by atoms with Gasteiger partial charge in [0.25, 0.3) is 5.91 Å². The largest absolute Gasteiger partial charge is 0.427 e. The van der Waals surface area contributed by atoms with Crippen LogP contribution in [0.25, 0.3) is 0 Å². The Hall–Kier alpha value is -2.64. The normalized spacial score (nSPS) is 22.8. The van der Waals surface area contributed by atoms with Gasteiger partial charge in [-0.3, -0.25) is 10.1 Å². The zero-order valence-electron chi connectivity index (χ0n) is 11.1. The Morgan fingerprint density at radius 1 is 1.43 bits per heavy atom. The minimum atomic E-state index is -1.45. The summed E-state index contributed by atoms with van der Waals surface area (Å²) in [5, 5.41) is 6.74. The van der Waals surface area contributed by atoms with Crippen molar-refractivity contribution in [2.45, 2.75) is 18.4 Å². The number of benzene rings is 1. The molecule has 7 nitrogen and oxygen atoms in total. The number of imide groups is 1. The number of halogens is 1. The van der Waals surface area contributed by atoms with Crippen LogP contribution in [0, 0.1) is 5.82 Å². The lowest BCUT2D eigenvalue weighted by Gasteiger charge is -2.20. The molecular formula is C13H12FN3O4. The van der Waals surface area contributed by atoms with E-state index in [0.717, 1.165) is 6.07 Å². The maximum atomic E-state index is 14.1. The van der Waals surface area contributed by atoms with Crippen molar-refractivity contribution in [3.05, 3.63) is 29.1 Å². The molecule has 1 aliphatic heterocycles. The van der Waals surface area contributed by atoms with Crippen molar-refractivity contribution in [2.75, 3.05) is 12.4 Å². The van der Waals surface area contributed by atoms with Crippen molar-refractivity contribution in [2.24, 2.45) is 0 Å². The molecule has 1 aromatic rings. The molecule has 0 bridgehead atoms. The maximum absolute atomic E-state index is 14.1. The highest BCUT2D eigenvalue weighted by Crippen LogP contribution is 2.44. The summed E-state index contributed by atoms with van der Waals surface area (Å²) in [6.45, 7) is 0. The van der Waals surface area contributed by atoms with Crippen LogP contribution >= 0.6 is 0 Å². The number of hydrogen-bond acceptors (Lipinski definition) is 4. The lowest BCUT2D eigenvalue weighted by atomic mass is 9.95. The van der Waals surface area contributed by atoms with Crippen LogP contribution in [0.5, 0.6) is 0 Å². The van der Waals surface area contributed by atoms with E-state index in [2.05, 4.69) is 16.0 Å². The van der Waals surface area contributed by atoms with Crippen molar-refractivity contribution < 1.29 is 23.5 Å².